The van der Waals surface area contributed by atoms with Gasteiger partial charge in [0.05, 0.1) is 0 Å². The number of likely N-dealkylation sites (tertiary alicyclic amines) is 1. The van der Waals surface area contributed by atoms with Gasteiger partial charge in [0.2, 0.25) is 0 Å². The summed E-state index contributed by atoms with van der Waals surface area (Å²) >= 11 is 0. The summed E-state index contributed by atoms with van der Waals surface area (Å²) < 4.78 is 0. The van der Waals surface area contributed by atoms with Crippen molar-refractivity contribution >= 4 is 5.91 Å². The highest BCUT2D eigenvalue weighted by atomic mass is 16.2. The number of aromatic nitrogens is 1. The van der Waals surface area contributed by atoms with Gasteiger partial charge in [-0.05, 0) is 25.2 Å². The molecule has 3 heterocycles. The van der Waals surface area contributed by atoms with E-state index in [1.807, 2.05) is 11.8 Å². The number of aryl methyl sites for hydroxylation is 1. The number of aromatic amines is 1. The number of fused-ring (bicyclic) bond motifs is 1. The third-order valence-electron chi connectivity index (χ3n) is 4.68. The van der Waals surface area contributed by atoms with Crippen LogP contribution in [0.1, 0.15) is 29.4 Å². The van der Waals surface area contributed by atoms with E-state index in [2.05, 4.69) is 17.2 Å². The fraction of sp³-hybridized carbons (Fsp3) is 0.600. The maximum Gasteiger partial charge on any atom is 0.259 e. The molecule has 0 aliphatic carbocycles. The molecule has 3 atom stereocenters. The SMILES string of the molecule is CCC1C2CNCC2CN1C(=O)c1c[nH]c(C)cc1=O. The van der Waals surface area contributed by atoms with Gasteiger partial charge in [0.15, 0.2) is 5.43 Å². The van der Waals surface area contributed by atoms with Crippen molar-refractivity contribution in [3.63, 3.8) is 0 Å². The largest absolute Gasteiger partial charge is 0.364 e. The molecule has 2 saturated heterocycles. The molecule has 3 unspecified atom stereocenters. The van der Waals surface area contributed by atoms with Crippen molar-refractivity contribution in [1.29, 1.82) is 0 Å². The fourth-order valence-electron chi connectivity index (χ4n) is 3.67. The van der Waals surface area contributed by atoms with Crippen LogP contribution < -0.4 is 10.7 Å². The van der Waals surface area contributed by atoms with Crippen molar-refractivity contribution in [2.24, 2.45) is 11.8 Å². The molecular weight excluding hydrogens is 254 g/mol. The van der Waals surface area contributed by atoms with Gasteiger partial charge in [0.25, 0.3) is 5.91 Å². The molecule has 2 fully saturated rings. The molecule has 1 aromatic rings. The molecule has 2 aliphatic rings. The molecule has 20 heavy (non-hydrogen) atoms. The summed E-state index contributed by atoms with van der Waals surface area (Å²) in [5.74, 6) is 0.953. The number of rotatable bonds is 2. The van der Waals surface area contributed by atoms with Crippen LogP contribution in [0.3, 0.4) is 0 Å². The number of carbonyl (C=O) groups is 1. The lowest BCUT2D eigenvalue weighted by Gasteiger charge is -2.26. The van der Waals surface area contributed by atoms with Crippen molar-refractivity contribution in [3.05, 3.63) is 33.7 Å². The summed E-state index contributed by atoms with van der Waals surface area (Å²) in [6.07, 6.45) is 2.50. The standard InChI is InChI=1S/C15H21N3O2/c1-3-13-11-6-16-5-10(11)8-18(13)15(20)12-7-17-9(2)4-14(12)19/h4,7,10-11,13,16H,3,5-6,8H2,1-2H3,(H,17,19). The highest BCUT2D eigenvalue weighted by molar-refractivity contribution is 5.94. The Hall–Kier alpha value is -1.62. The molecule has 2 aliphatic heterocycles. The molecule has 0 spiro atoms. The molecule has 108 valence electrons. The van der Waals surface area contributed by atoms with Crippen LogP contribution in [0.5, 0.6) is 0 Å². The van der Waals surface area contributed by atoms with E-state index >= 15 is 0 Å². The molecule has 0 saturated carbocycles. The first-order valence-electron chi connectivity index (χ1n) is 7.32. The van der Waals surface area contributed by atoms with E-state index in [0.717, 1.165) is 31.7 Å². The fourth-order valence-corrected chi connectivity index (χ4v) is 3.67. The molecule has 1 aromatic heterocycles. The molecule has 1 amide bonds. The Morgan fingerprint density at radius 2 is 2.25 bits per heavy atom. The van der Waals surface area contributed by atoms with Gasteiger partial charge in [-0.15, -0.1) is 0 Å². The molecule has 0 bridgehead atoms. The second-order valence-corrected chi connectivity index (χ2v) is 5.91. The highest BCUT2D eigenvalue weighted by Crippen LogP contribution is 2.34. The van der Waals surface area contributed by atoms with Gasteiger partial charge in [-0.25, -0.2) is 0 Å². The van der Waals surface area contributed by atoms with Crippen LogP contribution in [-0.2, 0) is 0 Å². The second kappa shape index (κ2) is 5.05. The van der Waals surface area contributed by atoms with E-state index < -0.39 is 0 Å². The zero-order chi connectivity index (χ0) is 14.3. The predicted molar refractivity (Wildman–Crippen MR) is 76.8 cm³/mol. The van der Waals surface area contributed by atoms with Crippen molar-refractivity contribution in [3.8, 4) is 0 Å². The third kappa shape index (κ3) is 2.06. The lowest BCUT2D eigenvalue weighted by Crippen LogP contribution is -2.41. The maximum absolute atomic E-state index is 12.7. The smallest absolute Gasteiger partial charge is 0.259 e. The number of carbonyl (C=O) groups excluding carboxylic acids is 1. The van der Waals surface area contributed by atoms with Crippen LogP contribution in [0.2, 0.25) is 0 Å². The Labute approximate surface area is 118 Å². The van der Waals surface area contributed by atoms with E-state index in [9.17, 15) is 9.59 Å². The Morgan fingerprint density at radius 3 is 2.95 bits per heavy atom. The maximum atomic E-state index is 12.7. The number of hydrogen-bond donors (Lipinski definition) is 2. The third-order valence-corrected chi connectivity index (χ3v) is 4.68. The quantitative estimate of drug-likeness (QED) is 0.837. The van der Waals surface area contributed by atoms with Crippen molar-refractivity contribution < 1.29 is 4.79 Å². The van der Waals surface area contributed by atoms with E-state index in [1.165, 1.54) is 6.07 Å². The van der Waals surface area contributed by atoms with E-state index in [-0.39, 0.29) is 22.9 Å². The Morgan fingerprint density at radius 1 is 1.45 bits per heavy atom. The summed E-state index contributed by atoms with van der Waals surface area (Å²) in [6.45, 7) is 6.66. The molecule has 0 aromatic carbocycles. The zero-order valence-corrected chi connectivity index (χ0v) is 12.0. The van der Waals surface area contributed by atoms with Crippen LogP contribution in [0.4, 0.5) is 0 Å². The summed E-state index contributed by atoms with van der Waals surface area (Å²) in [7, 11) is 0. The topological polar surface area (TPSA) is 65.2 Å². The number of nitrogens with zero attached hydrogens (tertiary/aromatic N) is 1. The van der Waals surface area contributed by atoms with Gasteiger partial charge in [0, 0.05) is 43.6 Å². The number of nitrogens with one attached hydrogen (secondary N) is 2. The van der Waals surface area contributed by atoms with Gasteiger partial charge in [-0.1, -0.05) is 6.92 Å². The van der Waals surface area contributed by atoms with Crippen molar-refractivity contribution in [2.75, 3.05) is 19.6 Å². The average Bonchev–Trinajstić information content (AvgIpc) is 2.97. The van der Waals surface area contributed by atoms with Gasteiger partial charge < -0.3 is 15.2 Å². The van der Waals surface area contributed by atoms with Crippen LogP contribution in [0.25, 0.3) is 0 Å². The van der Waals surface area contributed by atoms with Crippen LogP contribution in [0, 0.1) is 18.8 Å². The van der Waals surface area contributed by atoms with Gasteiger partial charge in [0.1, 0.15) is 5.56 Å². The Kier molecular flexibility index (Phi) is 3.38. The first-order chi connectivity index (χ1) is 9.61. The molecule has 5 heteroatoms. The van der Waals surface area contributed by atoms with Crippen LogP contribution in [-0.4, -0.2) is 41.5 Å². The van der Waals surface area contributed by atoms with Crippen molar-refractivity contribution in [1.82, 2.24) is 15.2 Å². The van der Waals surface area contributed by atoms with E-state index in [0.29, 0.717) is 11.8 Å². The number of hydrogen-bond acceptors (Lipinski definition) is 3. The summed E-state index contributed by atoms with van der Waals surface area (Å²) in [5.41, 5.74) is 0.861. The molecule has 0 radical (unpaired) electrons. The van der Waals surface area contributed by atoms with E-state index in [1.54, 1.807) is 6.20 Å². The number of pyridine rings is 1. The highest BCUT2D eigenvalue weighted by Gasteiger charge is 2.45. The molecule has 2 N–H and O–H groups in total. The van der Waals surface area contributed by atoms with Crippen LogP contribution in [0.15, 0.2) is 17.1 Å². The Balaban J connectivity index is 1.88. The minimum atomic E-state index is -0.184. The summed E-state index contributed by atoms with van der Waals surface area (Å²) in [6, 6.07) is 1.75. The predicted octanol–water partition coefficient (Wildman–Crippen LogP) is 0.753. The average molecular weight is 275 g/mol. The number of amides is 1. The second-order valence-electron chi connectivity index (χ2n) is 5.91. The first kappa shape index (κ1) is 13.4. The molecule has 5 nitrogen and oxygen atoms in total. The molecular formula is C15H21N3O2. The van der Waals surface area contributed by atoms with E-state index in [4.69, 9.17) is 0 Å². The summed E-state index contributed by atoms with van der Waals surface area (Å²) in [4.78, 5) is 29.5. The lowest BCUT2D eigenvalue weighted by atomic mass is 9.93. The van der Waals surface area contributed by atoms with Crippen LogP contribution >= 0.6 is 0 Å². The van der Waals surface area contributed by atoms with Gasteiger partial charge >= 0.3 is 0 Å². The van der Waals surface area contributed by atoms with Crippen molar-refractivity contribution in [2.45, 2.75) is 26.3 Å². The minimum Gasteiger partial charge on any atom is -0.364 e. The monoisotopic (exact) mass is 275 g/mol. The zero-order valence-electron chi connectivity index (χ0n) is 12.0. The Bertz CT molecular complexity index is 581. The van der Waals surface area contributed by atoms with Gasteiger partial charge in [-0.3, -0.25) is 9.59 Å². The first-order valence-corrected chi connectivity index (χ1v) is 7.32. The van der Waals surface area contributed by atoms with Gasteiger partial charge in [-0.2, -0.15) is 0 Å². The normalized spacial score (nSPS) is 28.7. The molecule has 3 rings (SSSR count). The summed E-state index contributed by atoms with van der Waals surface area (Å²) in [5, 5.41) is 3.40. The lowest BCUT2D eigenvalue weighted by molar-refractivity contribution is 0.0710. The number of H-pyrrole nitrogens is 1. The minimum absolute atomic E-state index is 0.118.